The summed E-state index contributed by atoms with van der Waals surface area (Å²) in [5, 5.41) is 10.5. The zero-order valence-corrected chi connectivity index (χ0v) is 13.7. The number of hydrogen-bond donors (Lipinski definition) is 1. The Kier molecular flexibility index (Phi) is 5.31. The second-order valence-corrected chi connectivity index (χ2v) is 6.28. The molecule has 0 saturated carbocycles. The molecule has 1 fully saturated rings. The molecule has 1 heterocycles. The van der Waals surface area contributed by atoms with Gasteiger partial charge >= 0.3 is 0 Å². The van der Waals surface area contributed by atoms with Gasteiger partial charge in [-0.25, -0.2) is 0 Å². The fourth-order valence-corrected chi connectivity index (χ4v) is 3.08. The highest BCUT2D eigenvalue weighted by molar-refractivity contribution is 5.35. The molecule has 1 N–H and O–H groups in total. The van der Waals surface area contributed by atoms with E-state index in [1.54, 1.807) is 0 Å². The van der Waals surface area contributed by atoms with E-state index in [1.165, 1.54) is 25.9 Å². The van der Waals surface area contributed by atoms with E-state index in [0.717, 1.165) is 35.6 Å². The number of nitrogens with zero attached hydrogens (tertiary/aromatic N) is 1. The molecule has 1 aliphatic rings. The van der Waals surface area contributed by atoms with Crippen molar-refractivity contribution in [2.75, 3.05) is 26.2 Å². The average Bonchev–Trinajstić information content (AvgIpc) is 3.08. The number of ether oxygens (including phenoxy) is 1. The van der Waals surface area contributed by atoms with E-state index in [4.69, 9.17) is 4.74 Å². The molecule has 1 atom stereocenters. The Balaban J connectivity index is 1.55. The van der Waals surface area contributed by atoms with Crippen LogP contribution in [0.4, 0.5) is 0 Å². The third kappa shape index (κ3) is 4.34. The van der Waals surface area contributed by atoms with Gasteiger partial charge in [-0.3, -0.25) is 4.90 Å². The van der Waals surface area contributed by atoms with Crippen molar-refractivity contribution in [2.45, 2.75) is 25.9 Å². The van der Waals surface area contributed by atoms with Crippen LogP contribution in [0.2, 0.25) is 0 Å². The molecule has 0 amide bonds. The summed E-state index contributed by atoms with van der Waals surface area (Å²) in [4.78, 5) is 2.44. The summed E-state index contributed by atoms with van der Waals surface area (Å²) in [5.41, 5.74) is 2.97. The first-order valence-corrected chi connectivity index (χ1v) is 8.42. The predicted molar refractivity (Wildman–Crippen MR) is 92.9 cm³/mol. The lowest BCUT2D eigenvalue weighted by Crippen LogP contribution is -2.25. The number of benzene rings is 2. The minimum atomic E-state index is -0.589. The molecule has 0 spiro atoms. The van der Waals surface area contributed by atoms with Crippen LogP contribution < -0.4 is 4.74 Å². The molecule has 1 unspecified atom stereocenters. The summed E-state index contributed by atoms with van der Waals surface area (Å²) in [6.45, 7) is 6.15. The Labute approximate surface area is 138 Å². The maximum atomic E-state index is 10.5. The molecular formula is C20H25NO2. The summed E-state index contributed by atoms with van der Waals surface area (Å²) in [6, 6.07) is 15.8. The summed E-state index contributed by atoms with van der Waals surface area (Å²) in [7, 11) is 0. The van der Waals surface area contributed by atoms with E-state index in [2.05, 4.69) is 4.90 Å². The molecule has 2 aromatic carbocycles. The Hall–Kier alpha value is -1.84. The number of likely N-dealkylation sites (tertiary alicyclic amines) is 1. The van der Waals surface area contributed by atoms with Gasteiger partial charge in [0.05, 0.1) is 0 Å². The highest BCUT2D eigenvalue weighted by Gasteiger charge is 2.12. The van der Waals surface area contributed by atoms with Crippen LogP contribution in [-0.4, -0.2) is 36.2 Å². The maximum absolute atomic E-state index is 10.5. The first-order valence-electron chi connectivity index (χ1n) is 8.42. The SMILES string of the molecule is Cc1cccc(C(O)c2ccc(OCCN3CCCC3)cc2)c1. The van der Waals surface area contributed by atoms with Gasteiger partial charge in [0.2, 0.25) is 0 Å². The maximum Gasteiger partial charge on any atom is 0.119 e. The molecule has 3 rings (SSSR count). The lowest BCUT2D eigenvalue weighted by Gasteiger charge is -2.16. The Morgan fingerprint density at radius 3 is 2.48 bits per heavy atom. The molecular weight excluding hydrogens is 286 g/mol. The van der Waals surface area contributed by atoms with Crippen LogP contribution in [0.5, 0.6) is 5.75 Å². The van der Waals surface area contributed by atoms with E-state index < -0.39 is 6.10 Å². The zero-order valence-electron chi connectivity index (χ0n) is 13.7. The standard InChI is InChI=1S/C20H25NO2/c1-16-5-4-6-18(15-16)20(22)17-7-9-19(10-8-17)23-14-13-21-11-2-3-12-21/h4-10,15,20,22H,2-3,11-14H2,1H3. The van der Waals surface area contributed by atoms with E-state index in [9.17, 15) is 5.11 Å². The van der Waals surface area contributed by atoms with Crippen LogP contribution in [0.1, 0.15) is 35.6 Å². The summed E-state index contributed by atoms with van der Waals surface area (Å²) < 4.78 is 5.80. The van der Waals surface area contributed by atoms with Gasteiger partial charge in [-0.05, 0) is 56.1 Å². The predicted octanol–water partition coefficient (Wildman–Crippen LogP) is 3.55. The minimum Gasteiger partial charge on any atom is -0.492 e. The van der Waals surface area contributed by atoms with Crippen molar-refractivity contribution < 1.29 is 9.84 Å². The van der Waals surface area contributed by atoms with Gasteiger partial charge in [-0.2, -0.15) is 0 Å². The number of hydrogen-bond acceptors (Lipinski definition) is 3. The second kappa shape index (κ2) is 7.62. The van der Waals surface area contributed by atoms with E-state index in [0.29, 0.717) is 0 Å². The quantitative estimate of drug-likeness (QED) is 0.885. The van der Waals surface area contributed by atoms with Crippen molar-refractivity contribution in [1.29, 1.82) is 0 Å². The molecule has 3 heteroatoms. The fraction of sp³-hybridized carbons (Fsp3) is 0.400. The molecule has 0 aliphatic carbocycles. The normalized spacial score (nSPS) is 16.4. The van der Waals surface area contributed by atoms with Gasteiger partial charge in [0.25, 0.3) is 0 Å². The van der Waals surface area contributed by atoms with Gasteiger partial charge < -0.3 is 9.84 Å². The first-order chi connectivity index (χ1) is 11.2. The van der Waals surface area contributed by atoms with Crippen LogP contribution in [0, 0.1) is 6.92 Å². The van der Waals surface area contributed by atoms with E-state index in [-0.39, 0.29) is 0 Å². The fourth-order valence-electron chi connectivity index (χ4n) is 3.08. The summed E-state index contributed by atoms with van der Waals surface area (Å²) >= 11 is 0. The largest absolute Gasteiger partial charge is 0.492 e. The number of aliphatic hydroxyl groups excluding tert-OH is 1. The minimum absolute atomic E-state index is 0.589. The highest BCUT2D eigenvalue weighted by atomic mass is 16.5. The van der Waals surface area contributed by atoms with Crippen LogP contribution in [0.3, 0.4) is 0 Å². The van der Waals surface area contributed by atoms with Crippen molar-refractivity contribution in [3.8, 4) is 5.75 Å². The molecule has 2 aromatic rings. The van der Waals surface area contributed by atoms with Gasteiger partial charge in [0.15, 0.2) is 0 Å². The third-order valence-electron chi connectivity index (χ3n) is 4.43. The van der Waals surface area contributed by atoms with Crippen molar-refractivity contribution in [3.63, 3.8) is 0 Å². The van der Waals surface area contributed by atoms with Crippen LogP contribution in [0.15, 0.2) is 48.5 Å². The molecule has 0 bridgehead atoms. The highest BCUT2D eigenvalue weighted by Crippen LogP contribution is 2.24. The molecule has 1 aliphatic heterocycles. The number of aryl methyl sites for hydroxylation is 1. The van der Waals surface area contributed by atoms with Crippen molar-refractivity contribution in [2.24, 2.45) is 0 Å². The van der Waals surface area contributed by atoms with Crippen molar-refractivity contribution in [3.05, 3.63) is 65.2 Å². The first kappa shape index (κ1) is 16.0. The van der Waals surface area contributed by atoms with Crippen molar-refractivity contribution in [1.82, 2.24) is 4.90 Å². The topological polar surface area (TPSA) is 32.7 Å². The Bertz CT molecular complexity index is 618. The molecule has 1 saturated heterocycles. The Morgan fingerprint density at radius 1 is 1.04 bits per heavy atom. The number of rotatable bonds is 6. The number of aliphatic hydroxyl groups is 1. The van der Waals surface area contributed by atoms with Crippen LogP contribution in [0.25, 0.3) is 0 Å². The average molecular weight is 311 g/mol. The second-order valence-electron chi connectivity index (χ2n) is 6.28. The molecule has 0 radical (unpaired) electrons. The monoisotopic (exact) mass is 311 g/mol. The van der Waals surface area contributed by atoms with E-state index >= 15 is 0 Å². The van der Waals surface area contributed by atoms with Crippen LogP contribution in [-0.2, 0) is 0 Å². The van der Waals surface area contributed by atoms with Crippen LogP contribution >= 0.6 is 0 Å². The smallest absolute Gasteiger partial charge is 0.119 e. The Morgan fingerprint density at radius 2 is 1.78 bits per heavy atom. The molecule has 0 aromatic heterocycles. The van der Waals surface area contributed by atoms with Crippen molar-refractivity contribution >= 4 is 0 Å². The molecule has 3 nitrogen and oxygen atoms in total. The van der Waals surface area contributed by atoms with E-state index in [1.807, 2.05) is 55.5 Å². The summed E-state index contributed by atoms with van der Waals surface area (Å²) in [5.74, 6) is 0.865. The van der Waals surface area contributed by atoms with Gasteiger partial charge in [-0.1, -0.05) is 42.0 Å². The lowest BCUT2D eigenvalue weighted by molar-refractivity contribution is 0.219. The molecule has 23 heavy (non-hydrogen) atoms. The van der Waals surface area contributed by atoms with Gasteiger partial charge in [0, 0.05) is 6.54 Å². The van der Waals surface area contributed by atoms with Gasteiger partial charge in [0.1, 0.15) is 18.5 Å². The lowest BCUT2D eigenvalue weighted by atomic mass is 10.00. The van der Waals surface area contributed by atoms with Gasteiger partial charge in [-0.15, -0.1) is 0 Å². The summed E-state index contributed by atoms with van der Waals surface area (Å²) in [6.07, 6.45) is 2.03. The molecule has 122 valence electrons. The zero-order chi connectivity index (χ0) is 16.1. The third-order valence-corrected chi connectivity index (χ3v) is 4.43.